The summed E-state index contributed by atoms with van der Waals surface area (Å²) in [5, 5.41) is 4.43. The van der Waals surface area contributed by atoms with Crippen molar-refractivity contribution in [3.8, 4) is 0 Å². The molecule has 1 unspecified atom stereocenters. The Morgan fingerprint density at radius 1 is 1.24 bits per heavy atom. The molecule has 9 heteroatoms. The van der Waals surface area contributed by atoms with Gasteiger partial charge in [-0.25, -0.2) is 4.39 Å². The molecule has 0 spiro atoms. The maximum atomic E-state index is 15.3. The van der Waals surface area contributed by atoms with E-state index in [1.54, 1.807) is 0 Å². The summed E-state index contributed by atoms with van der Waals surface area (Å²) in [5.74, 6) is -3.83. The monoisotopic (exact) mass is 473 g/mol. The number of carbonyl (C=O) groups excluding carboxylic acids is 3. The van der Waals surface area contributed by atoms with Gasteiger partial charge in [0, 0.05) is 64.1 Å². The molecular weight excluding hydrogens is 439 g/mol. The SMILES string of the molecule is [2H]C([2H])(Nc1cccc2c1C([2H])([2H])N(C1([2H])CCC(=O)NC1=O)C2=O)c1ccc(C([2H])([2H])N2CCOCC2)cc1F. The van der Waals surface area contributed by atoms with E-state index in [1.807, 2.05) is 5.32 Å². The first kappa shape index (κ1) is 15.6. The minimum Gasteiger partial charge on any atom is -0.381 e. The fourth-order valence-corrected chi connectivity index (χ4v) is 3.93. The van der Waals surface area contributed by atoms with Crippen LogP contribution in [0.15, 0.2) is 36.4 Å². The Morgan fingerprint density at radius 2 is 2.06 bits per heavy atom. The van der Waals surface area contributed by atoms with E-state index < -0.39 is 61.0 Å². The first-order valence-electron chi connectivity index (χ1n) is 14.3. The molecule has 0 aromatic heterocycles. The molecule has 2 saturated heterocycles. The Kier molecular flexibility index (Phi) is 4.36. The van der Waals surface area contributed by atoms with Crippen LogP contribution >= 0.6 is 0 Å². The van der Waals surface area contributed by atoms with E-state index in [0.717, 1.165) is 12.1 Å². The molecule has 178 valence electrons. The second kappa shape index (κ2) is 9.52. The quantitative estimate of drug-likeness (QED) is 0.624. The van der Waals surface area contributed by atoms with Crippen molar-refractivity contribution in [1.82, 2.24) is 15.1 Å². The highest BCUT2D eigenvalue weighted by atomic mass is 19.1. The van der Waals surface area contributed by atoms with Crippen LogP contribution in [-0.2, 0) is 33.8 Å². The predicted octanol–water partition coefficient (Wildman–Crippen LogP) is 2.03. The van der Waals surface area contributed by atoms with E-state index in [2.05, 4.69) is 5.32 Å². The lowest BCUT2D eigenvalue weighted by Crippen LogP contribution is -2.52. The van der Waals surface area contributed by atoms with E-state index in [9.17, 15) is 14.4 Å². The number of imide groups is 1. The standard InChI is InChI=1S/C25H27FN4O4/c26-20-12-16(14-29-8-10-34-11-9-29)4-5-17(20)13-27-21-3-1-2-18-19(21)15-30(25(18)33)22-6-7-23(31)28-24(22)32/h1-5,12,22,27H,6-11,13-15H2,(H,28,31,32)/i13D2,14D2,15D2,22D. The van der Waals surface area contributed by atoms with Crippen LogP contribution in [0, 0.1) is 5.82 Å². The molecule has 3 aliphatic rings. The number of carbonyl (C=O) groups is 3. The van der Waals surface area contributed by atoms with Gasteiger partial charge in [0.15, 0.2) is 0 Å². The fraction of sp³-hybridized carbons (Fsp3) is 0.400. The number of nitrogens with one attached hydrogen (secondary N) is 2. The van der Waals surface area contributed by atoms with Crippen molar-refractivity contribution in [2.75, 3.05) is 31.6 Å². The third kappa shape index (κ3) is 4.53. The van der Waals surface area contributed by atoms with E-state index >= 15 is 4.39 Å². The normalized spacial score (nSPS) is 28.4. The lowest BCUT2D eigenvalue weighted by molar-refractivity contribution is -0.136. The van der Waals surface area contributed by atoms with Crippen LogP contribution in [0.4, 0.5) is 10.1 Å². The van der Waals surface area contributed by atoms with Gasteiger partial charge in [-0.1, -0.05) is 18.2 Å². The van der Waals surface area contributed by atoms with Gasteiger partial charge in [0.1, 0.15) is 11.8 Å². The highest BCUT2D eigenvalue weighted by molar-refractivity contribution is 6.06. The van der Waals surface area contributed by atoms with Gasteiger partial charge < -0.3 is 15.0 Å². The van der Waals surface area contributed by atoms with Gasteiger partial charge in [-0.2, -0.15) is 0 Å². The summed E-state index contributed by atoms with van der Waals surface area (Å²) in [4.78, 5) is 39.5. The van der Waals surface area contributed by atoms with Gasteiger partial charge in [-0.15, -0.1) is 0 Å². The number of nitrogens with zero attached hydrogens (tertiary/aromatic N) is 2. The Bertz CT molecular complexity index is 1440. The molecule has 3 amide bonds. The number of hydrogen-bond acceptors (Lipinski definition) is 6. The van der Waals surface area contributed by atoms with Crippen LogP contribution in [0.5, 0.6) is 0 Å². The third-order valence-corrected chi connectivity index (χ3v) is 5.69. The van der Waals surface area contributed by atoms with Gasteiger partial charge in [0.05, 0.1) is 20.1 Å². The van der Waals surface area contributed by atoms with Crippen LogP contribution in [0.3, 0.4) is 0 Å². The molecule has 1 atom stereocenters. The Labute approximate surface area is 206 Å². The van der Waals surface area contributed by atoms with Crippen molar-refractivity contribution in [3.05, 3.63) is 64.5 Å². The van der Waals surface area contributed by atoms with Crippen molar-refractivity contribution in [2.24, 2.45) is 0 Å². The molecule has 2 N–H and O–H groups in total. The van der Waals surface area contributed by atoms with Crippen LogP contribution in [0.1, 0.15) is 49.5 Å². The maximum Gasteiger partial charge on any atom is 0.255 e. The highest BCUT2D eigenvalue weighted by Gasteiger charge is 2.39. The number of piperidine rings is 1. The van der Waals surface area contributed by atoms with Gasteiger partial charge >= 0.3 is 0 Å². The third-order valence-electron chi connectivity index (χ3n) is 5.69. The number of fused-ring (bicyclic) bond motifs is 1. The lowest BCUT2D eigenvalue weighted by Gasteiger charge is -2.29. The summed E-state index contributed by atoms with van der Waals surface area (Å²) in [7, 11) is 0. The molecule has 0 bridgehead atoms. The summed E-state index contributed by atoms with van der Waals surface area (Å²) in [6, 6.07) is 4.77. The first-order chi connectivity index (χ1) is 19.1. The van der Waals surface area contributed by atoms with Crippen molar-refractivity contribution < 1.29 is 33.1 Å². The Hall–Kier alpha value is -3.30. The zero-order valence-electron chi connectivity index (χ0n) is 25.1. The number of morpholine rings is 1. The topological polar surface area (TPSA) is 91.0 Å². The minimum absolute atomic E-state index is 0.0143. The average Bonchev–Trinajstić information content (AvgIpc) is 3.12. The van der Waals surface area contributed by atoms with Gasteiger partial charge in [-0.3, -0.25) is 24.6 Å². The summed E-state index contributed by atoms with van der Waals surface area (Å²) in [6.45, 7) is -6.23. The van der Waals surface area contributed by atoms with Gasteiger partial charge in [-0.05, 0) is 30.2 Å². The zero-order chi connectivity index (χ0) is 30.0. The fourth-order valence-electron chi connectivity index (χ4n) is 3.93. The molecule has 3 aliphatic heterocycles. The lowest BCUT2D eigenvalue weighted by atomic mass is 10.0. The van der Waals surface area contributed by atoms with E-state index in [4.69, 9.17) is 14.3 Å². The molecule has 2 fully saturated rings. The highest BCUT2D eigenvalue weighted by Crippen LogP contribution is 2.32. The molecule has 0 saturated carbocycles. The molecule has 8 nitrogen and oxygen atoms in total. The summed E-state index contributed by atoms with van der Waals surface area (Å²) in [5.41, 5.74) is -1.27. The predicted molar refractivity (Wildman–Crippen MR) is 122 cm³/mol. The number of benzene rings is 2. The van der Waals surface area contributed by atoms with E-state index in [1.165, 1.54) is 29.2 Å². The van der Waals surface area contributed by atoms with Crippen LogP contribution in [0.25, 0.3) is 0 Å². The van der Waals surface area contributed by atoms with Crippen LogP contribution < -0.4 is 10.6 Å². The Balaban J connectivity index is 1.47. The zero-order valence-corrected chi connectivity index (χ0v) is 18.1. The second-order valence-electron chi connectivity index (χ2n) is 7.96. The van der Waals surface area contributed by atoms with Crippen LogP contribution in [-0.4, -0.2) is 59.8 Å². The van der Waals surface area contributed by atoms with Crippen LogP contribution in [0.2, 0.25) is 0 Å². The molecule has 34 heavy (non-hydrogen) atoms. The van der Waals surface area contributed by atoms with Crippen molar-refractivity contribution >= 4 is 23.4 Å². The van der Waals surface area contributed by atoms with Gasteiger partial charge in [0.25, 0.3) is 5.91 Å². The molecule has 3 heterocycles. The maximum absolute atomic E-state index is 15.3. The number of halogens is 1. The second-order valence-corrected chi connectivity index (χ2v) is 7.96. The molecule has 2 aromatic carbocycles. The molecule has 5 rings (SSSR count). The molecule has 0 radical (unpaired) electrons. The number of rotatable bonds is 6. The number of hydrogen-bond donors (Lipinski definition) is 2. The largest absolute Gasteiger partial charge is 0.381 e. The van der Waals surface area contributed by atoms with Crippen molar-refractivity contribution in [2.45, 2.75) is 38.4 Å². The summed E-state index contributed by atoms with van der Waals surface area (Å²) >= 11 is 0. The van der Waals surface area contributed by atoms with E-state index in [-0.39, 0.29) is 28.8 Å². The number of anilines is 1. The smallest absolute Gasteiger partial charge is 0.255 e. The number of amides is 3. The minimum atomic E-state index is -2.78. The van der Waals surface area contributed by atoms with Crippen molar-refractivity contribution in [3.63, 3.8) is 0 Å². The molecule has 2 aromatic rings. The molecule has 0 aliphatic carbocycles. The number of ether oxygens (including phenoxy) is 1. The summed E-state index contributed by atoms with van der Waals surface area (Å²) in [6.07, 6.45) is -0.714. The Morgan fingerprint density at radius 3 is 2.82 bits per heavy atom. The average molecular weight is 474 g/mol. The summed E-state index contributed by atoms with van der Waals surface area (Å²) < 4.78 is 80.8. The van der Waals surface area contributed by atoms with Gasteiger partial charge in [0.2, 0.25) is 11.8 Å². The first-order valence-corrected chi connectivity index (χ1v) is 10.8. The molecular formula is C25H27FN4O4. The van der Waals surface area contributed by atoms with Crippen molar-refractivity contribution in [1.29, 1.82) is 0 Å². The van der Waals surface area contributed by atoms with E-state index in [0.29, 0.717) is 31.2 Å².